The average Bonchev–Trinajstić information content (AvgIpc) is 3.57. The molecule has 1 aromatic heterocycles. The molecule has 10 nitrogen and oxygen atoms in total. The van der Waals surface area contributed by atoms with Crippen LogP contribution in [0.4, 0.5) is 15.8 Å². The molecule has 3 aliphatic heterocycles. The van der Waals surface area contributed by atoms with Crippen LogP contribution in [0.1, 0.15) is 41.3 Å². The van der Waals surface area contributed by atoms with Crippen LogP contribution in [-0.2, 0) is 22.7 Å². The second-order valence-electron chi connectivity index (χ2n) is 11.3. The second-order valence-corrected chi connectivity index (χ2v) is 11.3. The predicted octanol–water partition coefficient (Wildman–Crippen LogP) is 3.03. The number of aliphatic hydroxyl groups is 1. The minimum Gasteiger partial charge on any atom is -0.369 e. The molecular weight excluding hydrogens is 549 g/mol. The van der Waals surface area contributed by atoms with E-state index in [9.17, 15) is 19.1 Å². The minimum absolute atomic E-state index is 0.240. The van der Waals surface area contributed by atoms with Crippen LogP contribution in [0.2, 0.25) is 0 Å². The first kappa shape index (κ1) is 27.1. The first-order chi connectivity index (χ1) is 20.9. The van der Waals surface area contributed by atoms with Crippen molar-refractivity contribution >= 4 is 34.0 Å². The van der Waals surface area contributed by atoms with Crippen molar-refractivity contribution in [3.63, 3.8) is 0 Å². The van der Waals surface area contributed by atoms with Gasteiger partial charge in [-0.1, -0.05) is 24.3 Å². The van der Waals surface area contributed by atoms with E-state index in [2.05, 4.69) is 15.3 Å². The van der Waals surface area contributed by atoms with E-state index in [1.165, 1.54) is 6.07 Å². The van der Waals surface area contributed by atoms with Crippen molar-refractivity contribution in [1.82, 2.24) is 20.0 Å². The Bertz CT molecular complexity index is 1790. The van der Waals surface area contributed by atoms with Crippen LogP contribution in [0.25, 0.3) is 10.8 Å². The molecule has 2 N–H and O–H groups in total. The van der Waals surface area contributed by atoms with Gasteiger partial charge in [0.1, 0.15) is 11.9 Å². The van der Waals surface area contributed by atoms with Crippen LogP contribution in [-0.4, -0.2) is 63.8 Å². The first-order valence-electron chi connectivity index (χ1n) is 14.4. The first-order valence-corrected chi connectivity index (χ1v) is 14.4. The number of aliphatic hydroxyl groups excluding tert-OH is 1. The molecule has 7 rings (SSSR count). The van der Waals surface area contributed by atoms with Crippen molar-refractivity contribution in [3.05, 3.63) is 89.0 Å². The summed E-state index contributed by atoms with van der Waals surface area (Å²) < 4.78 is 16.4. The van der Waals surface area contributed by atoms with Gasteiger partial charge in [-0.2, -0.15) is 10.4 Å². The van der Waals surface area contributed by atoms with Gasteiger partial charge in [-0.15, -0.1) is 0 Å². The minimum atomic E-state index is -0.969. The maximum atomic E-state index is 14.5. The van der Waals surface area contributed by atoms with E-state index < -0.39 is 12.3 Å². The predicted molar refractivity (Wildman–Crippen MR) is 157 cm³/mol. The highest BCUT2D eigenvalue weighted by Crippen LogP contribution is 2.46. The molecule has 3 aliphatic rings. The lowest BCUT2D eigenvalue weighted by Gasteiger charge is -2.36. The summed E-state index contributed by atoms with van der Waals surface area (Å²) in [6.07, 6.45) is 3.55. The molecule has 43 heavy (non-hydrogen) atoms. The number of nitrogens with zero attached hydrogens (tertiary/aromatic N) is 6. The Morgan fingerprint density at radius 3 is 2.63 bits per heavy atom. The number of piperidine rings is 1. The van der Waals surface area contributed by atoms with Crippen molar-refractivity contribution in [3.8, 4) is 6.07 Å². The van der Waals surface area contributed by atoms with E-state index in [0.29, 0.717) is 37.3 Å². The molecule has 1 unspecified atom stereocenters. The Balaban J connectivity index is 1.04. The van der Waals surface area contributed by atoms with Gasteiger partial charge < -0.3 is 14.9 Å². The van der Waals surface area contributed by atoms with E-state index >= 15 is 0 Å². The highest BCUT2D eigenvalue weighted by atomic mass is 19.1. The van der Waals surface area contributed by atoms with Gasteiger partial charge in [-0.3, -0.25) is 24.5 Å². The number of anilines is 2. The molecule has 2 saturated heterocycles. The molecule has 0 spiro atoms. The summed E-state index contributed by atoms with van der Waals surface area (Å²) in [6.45, 7) is 4.23. The van der Waals surface area contributed by atoms with Crippen LogP contribution in [0.3, 0.4) is 0 Å². The number of piperazine rings is 1. The number of carbonyl (C=O) groups excluding carboxylic acids is 2. The van der Waals surface area contributed by atoms with Gasteiger partial charge in [0.2, 0.25) is 11.8 Å². The van der Waals surface area contributed by atoms with Crippen LogP contribution in [0.5, 0.6) is 0 Å². The number of rotatable bonds is 6. The third-order valence-corrected chi connectivity index (χ3v) is 8.72. The molecule has 2 amide bonds. The smallest absolute Gasteiger partial charge is 0.249 e. The number of halogens is 1. The third-order valence-electron chi connectivity index (χ3n) is 8.72. The summed E-state index contributed by atoms with van der Waals surface area (Å²) in [4.78, 5) is 30.4. The topological polar surface area (TPSA) is 118 Å². The number of nitriles is 1. The third kappa shape index (κ3) is 4.88. The fraction of sp³-hybridized carbons (Fsp3) is 0.312. The van der Waals surface area contributed by atoms with Gasteiger partial charge in [-0.25, -0.2) is 4.39 Å². The lowest BCUT2D eigenvalue weighted by atomic mass is 10.00. The summed E-state index contributed by atoms with van der Waals surface area (Å²) >= 11 is 0. The summed E-state index contributed by atoms with van der Waals surface area (Å²) in [5, 5.41) is 29.1. The molecule has 0 aliphatic carbocycles. The fourth-order valence-corrected chi connectivity index (χ4v) is 6.60. The highest BCUT2D eigenvalue weighted by molar-refractivity contribution is 6.06. The Morgan fingerprint density at radius 2 is 1.86 bits per heavy atom. The highest BCUT2D eigenvalue weighted by Gasteiger charge is 2.40. The van der Waals surface area contributed by atoms with Crippen molar-refractivity contribution in [2.24, 2.45) is 0 Å². The van der Waals surface area contributed by atoms with E-state index in [4.69, 9.17) is 5.26 Å². The zero-order valence-corrected chi connectivity index (χ0v) is 23.4. The number of imide groups is 1. The molecule has 0 bridgehead atoms. The molecule has 4 heterocycles. The van der Waals surface area contributed by atoms with Crippen molar-refractivity contribution in [1.29, 1.82) is 5.26 Å². The van der Waals surface area contributed by atoms with E-state index in [1.807, 2.05) is 58.4 Å². The molecule has 2 fully saturated rings. The fourth-order valence-electron chi connectivity index (χ4n) is 6.60. The van der Waals surface area contributed by atoms with E-state index in [1.54, 1.807) is 17.0 Å². The lowest BCUT2D eigenvalue weighted by molar-refractivity contribution is -0.134. The van der Waals surface area contributed by atoms with Gasteiger partial charge in [0.15, 0.2) is 6.23 Å². The summed E-state index contributed by atoms with van der Waals surface area (Å²) in [6, 6.07) is 15.8. The van der Waals surface area contributed by atoms with Gasteiger partial charge in [-0.05, 0) is 41.6 Å². The van der Waals surface area contributed by atoms with E-state index in [0.717, 1.165) is 52.8 Å². The van der Waals surface area contributed by atoms with Crippen LogP contribution < -0.4 is 15.1 Å². The van der Waals surface area contributed by atoms with Crippen LogP contribution in [0.15, 0.2) is 60.9 Å². The summed E-state index contributed by atoms with van der Waals surface area (Å²) in [7, 11) is 0. The molecule has 3 aromatic carbocycles. The van der Waals surface area contributed by atoms with Crippen molar-refractivity contribution in [2.45, 2.75) is 38.2 Å². The number of amides is 2. The molecule has 0 radical (unpaired) electrons. The molecule has 11 heteroatoms. The normalized spacial score (nSPS) is 20.5. The standard InChI is InChI=1S/C32H30FN7O3/c33-25-14-20(15-34)4-6-26(25)38-12-10-37(11-13-38)17-21-16-35-39(18-21)19-22-5-7-27-30-23(22)2-1-3-24(30)32(43)40(27)28-8-9-29(41)36-31(28)42/h1-7,14,16,18,28,32,43H,8-13,17,19H2,(H,36,41,42)/t28-,32?/m0/s1. The SMILES string of the molecule is N#Cc1ccc(N2CCN(Cc3cnn(Cc4ccc5c6c(cccc46)C(O)N5[C@H]4CCC(=O)NC4=O)c3)CC2)c(F)c1. The number of hydrogen-bond donors (Lipinski definition) is 2. The molecular formula is C32H30FN7O3. The van der Waals surface area contributed by atoms with E-state index in [-0.39, 0.29) is 24.1 Å². The van der Waals surface area contributed by atoms with Crippen molar-refractivity contribution < 1.29 is 19.1 Å². The number of benzene rings is 3. The molecule has 4 aromatic rings. The lowest BCUT2D eigenvalue weighted by Crippen LogP contribution is -2.52. The van der Waals surface area contributed by atoms with Gasteiger partial charge in [0.25, 0.3) is 0 Å². The van der Waals surface area contributed by atoms with Gasteiger partial charge in [0, 0.05) is 67.5 Å². The largest absolute Gasteiger partial charge is 0.369 e. The Labute approximate surface area is 247 Å². The number of hydrogen-bond acceptors (Lipinski definition) is 8. The van der Waals surface area contributed by atoms with Gasteiger partial charge in [0.05, 0.1) is 30.1 Å². The Kier molecular flexibility index (Phi) is 6.80. The van der Waals surface area contributed by atoms with Gasteiger partial charge >= 0.3 is 0 Å². The monoisotopic (exact) mass is 579 g/mol. The summed E-state index contributed by atoms with van der Waals surface area (Å²) in [5.41, 5.74) is 4.53. The molecule has 0 saturated carbocycles. The van der Waals surface area contributed by atoms with Crippen molar-refractivity contribution in [2.75, 3.05) is 36.0 Å². The zero-order chi connectivity index (χ0) is 29.7. The van der Waals surface area contributed by atoms with Crippen LogP contribution >= 0.6 is 0 Å². The quantitative estimate of drug-likeness (QED) is 0.335. The summed E-state index contributed by atoms with van der Waals surface area (Å²) in [5.74, 6) is -1.03. The number of nitrogens with one attached hydrogen (secondary N) is 1. The Morgan fingerprint density at radius 1 is 1.05 bits per heavy atom. The molecule has 218 valence electrons. The Hall–Kier alpha value is -4.79. The average molecular weight is 580 g/mol. The maximum absolute atomic E-state index is 14.5. The zero-order valence-electron chi connectivity index (χ0n) is 23.4. The van der Waals surface area contributed by atoms with Crippen LogP contribution in [0, 0.1) is 17.1 Å². The molecule has 2 atom stereocenters. The second kappa shape index (κ2) is 10.8. The number of carbonyl (C=O) groups is 2. The number of aromatic nitrogens is 2. The maximum Gasteiger partial charge on any atom is 0.249 e.